The molecule has 4 aromatic carbocycles. The monoisotopic (exact) mass is 882 g/mol. The number of thiophene rings is 2. The fraction of sp³-hybridized carbons (Fsp3) is 0.321. The van der Waals surface area contributed by atoms with Gasteiger partial charge < -0.3 is 18.9 Å². The lowest BCUT2D eigenvalue weighted by Crippen LogP contribution is -2.34. The Balaban J connectivity index is 1.12. The largest absolute Gasteiger partial charge is 0.344 e. The van der Waals surface area contributed by atoms with Gasteiger partial charge in [-0.2, -0.15) is 0 Å². The van der Waals surface area contributed by atoms with Crippen molar-refractivity contribution in [3.8, 4) is 20.9 Å². The molecule has 0 saturated heterocycles. The zero-order valence-corrected chi connectivity index (χ0v) is 39.7. The number of para-hydroxylation sites is 2. The number of hydrogen-bond acceptors (Lipinski definition) is 4. The van der Waals surface area contributed by atoms with Crippen LogP contribution in [-0.4, -0.2) is 43.8 Å². The zero-order chi connectivity index (χ0) is 44.2. The van der Waals surface area contributed by atoms with E-state index in [9.17, 15) is 0 Å². The highest BCUT2D eigenvalue weighted by molar-refractivity contribution is 7.17. The minimum Gasteiger partial charge on any atom is -0.344 e. The third-order valence-electron chi connectivity index (χ3n) is 14.2. The number of benzene rings is 4. The molecule has 0 saturated carbocycles. The van der Waals surface area contributed by atoms with E-state index in [0.717, 1.165) is 93.4 Å². The van der Waals surface area contributed by atoms with Gasteiger partial charge in [-0.15, -0.1) is 22.7 Å². The minimum absolute atomic E-state index is 0.0355. The van der Waals surface area contributed by atoms with Crippen molar-refractivity contribution in [3.63, 3.8) is 0 Å². The van der Waals surface area contributed by atoms with Crippen LogP contribution < -0.4 is 0 Å². The first kappa shape index (κ1) is 42.3. The SMILES string of the molecule is CCCCC(CC)CN1C(=O)C2=C(c3ccc(-c4ccc5c(c4)c4ccccc4n5C)s3)N(CC(CC)CCCC)C(=O)C2=C1c1ccc(-c2ccc3c(c2)c2ccccc2n3C)s1. The highest BCUT2D eigenvalue weighted by Gasteiger charge is 2.50. The summed E-state index contributed by atoms with van der Waals surface area (Å²) in [7, 11) is 4.26. The molecule has 8 aromatic rings. The van der Waals surface area contributed by atoms with Crippen molar-refractivity contribution < 1.29 is 9.59 Å². The molecule has 2 aliphatic rings. The normalized spacial score (nSPS) is 15.4. The third kappa shape index (κ3) is 7.05. The number of carbonyl (C=O) groups is 2. The summed E-state index contributed by atoms with van der Waals surface area (Å²) in [5.74, 6) is 0.591. The molecule has 6 heterocycles. The van der Waals surface area contributed by atoms with Crippen molar-refractivity contribution in [1.29, 1.82) is 0 Å². The van der Waals surface area contributed by atoms with Crippen LogP contribution in [0.4, 0.5) is 0 Å². The van der Waals surface area contributed by atoms with Crippen molar-refractivity contribution in [1.82, 2.24) is 18.9 Å². The predicted octanol–water partition coefficient (Wildman–Crippen LogP) is 14.7. The van der Waals surface area contributed by atoms with E-state index in [-0.39, 0.29) is 11.8 Å². The lowest BCUT2D eigenvalue weighted by molar-refractivity contribution is -0.124. The van der Waals surface area contributed by atoms with Gasteiger partial charge in [-0.25, -0.2) is 0 Å². The molecule has 0 aliphatic carbocycles. The van der Waals surface area contributed by atoms with Gasteiger partial charge in [0.2, 0.25) is 0 Å². The number of aryl methyl sites for hydroxylation is 2. The first-order valence-corrected chi connectivity index (χ1v) is 25.2. The Morgan fingerprint density at radius 1 is 0.469 bits per heavy atom. The molecule has 2 aliphatic heterocycles. The summed E-state index contributed by atoms with van der Waals surface area (Å²) < 4.78 is 4.53. The molecule has 326 valence electrons. The number of rotatable bonds is 16. The second kappa shape index (κ2) is 17.4. The third-order valence-corrected chi connectivity index (χ3v) is 16.5. The van der Waals surface area contributed by atoms with Gasteiger partial charge in [0.15, 0.2) is 0 Å². The summed E-state index contributed by atoms with van der Waals surface area (Å²) in [5, 5.41) is 4.93. The average Bonchev–Trinajstić information content (AvgIpc) is 4.19. The van der Waals surface area contributed by atoms with Crippen LogP contribution in [0.25, 0.3) is 75.9 Å². The van der Waals surface area contributed by atoms with Crippen molar-refractivity contribution in [2.24, 2.45) is 25.9 Å². The summed E-state index contributed by atoms with van der Waals surface area (Å²) >= 11 is 3.39. The van der Waals surface area contributed by atoms with E-state index in [2.05, 4.69) is 160 Å². The Morgan fingerprint density at radius 2 is 0.859 bits per heavy atom. The lowest BCUT2D eigenvalue weighted by Gasteiger charge is -2.29. The fourth-order valence-electron chi connectivity index (χ4n) is 10.5. The molecule has 0 N–H and O–H groups in total. The van der Waals surface area contributed by atoms with E-state index in [1.54, 1.807) is 22.7 Å². The molecular formula is C56H58N4O2S2. The Morgan fingerprint density at radius 3 is 1.27 bits per heavy atom. The zero-order valence-electron chi connectivity index (χ0n) is 38.0. The average molecular weight is 883 g/mol. The van der Waals surface area contributed by atoms with Gasteiger partial charge in [-0.1, -0.05) is 115 Å². The summed E-state index contributed by atoms with van der Waals surface area (Å²) in [6.45, 7) is 10.1. The smallest absolute Gasteiger partial charge is 0.261 e. The maximum atomic E-state index is 15.5. The number of fused-ring (bicyclic) bond motifs is 7. The number of aromatic nitrogens is 2. The van der Waals surface area contributed by atoms with Crippen molar-refractivity contribution in [2.75, 3.05) is 13.1 Å². The minimum atomic E-state index is -0.0355. The highest BCUT2D eigenvalue weighted by atomic mass is 32.1. The Hall–Kier alpha value is -5.70. The second-order valence-corrected chi connectivity index (χ2v) is 20.2. The highest BCUT2D eigenvalue weighted by Crippen LogP contribution is 2.51. The Labute approximate surface area is 385 Å². The van der Waals surface area contributed by atoms with Crippen LogP contribution in [0.1, 0.15) is 88.8 Å². The quantitative estimate of drug-likeness (QED) is 0.0971. The van der Waals surface area contributed by atoms with Crippen molar-refractivity contribution in [2.45, 2.75) is 79.1 Å². The van der Waals surface area contributed by atoms with E-state index in [4.69, 9.17) is 0 Å². The van der Waals surface area contributed by atoms with Gasteiger partial charge in [0.25, 0.3) is 11.8 Å². The van der Waals surface area contributed by atoms with Gasteiger partial charge in [-0.3, -0.25) is 9.59 Å². The van der Waals surface area contributed by atoms with E-state index in [1.165, 1.54) is 43.6 Å². The Bertz CT molecular complexity index is 2960. The molecule has 10 rings (SSSR count). The van der Waals surface area contributed by atoms with Crippen LogP contribution >= 0.6 is 22.7 Å². The van der Waals surface area contributed by atoms with Gasteiger partial charge in [0.1, 0.15) is 0 Å². The van der Waals surface area contributed by atoms with Gasteiger partial charge >= 0.3 is 0 Å². The van der Waals surface area contributed by atoms with E-state index >= 15 is 9.59 Å². The maximum absolute atomic E-state index is 15.5. The number of carbonyl (C=O) groups excluding carboxylic acids is 2. The van der Waals surface area contributed by atoms with Crippen LogP contribution in [0.3, 0.4) is 0 Å². The summed E-state index contributed by atoms with van der Waals surface area (Å²) in [5.41, 5.74) is 9.86. The van der Waals surface area contributed by atoms with E-state index in [0.29, 0.717) is 36.1 Å². The van der Waals surface area contributed by atoms with E-state index in [1.807, 2.05) is 9.80 Å². The molecule has 2 atom stereocenters. The number of hydrogen-bond donors (Lipinski definition) is 0. The predicted molar refractivity (Wildman–Crippen MR) is 271 cm³/mol. The van der Waals surface area contributed by atoms with Crippen LogP contribution in [-0.2, 0) is 23.7 Å². The van der Waals surface area contributed by atoms with Crippen LogP contribution in [0, 0.1) is 11.8 Å². The van der Waals surface area contributed by atoms with Gasteiger partial charge in [-0.05, 0) is 96.5 Å². The summed E-state index contributed by atoms with van der Waals surface area (Å²) in [4.78, 5) is 39.1. The summed E-state index contributed by atoms with van der Waals surface area (Å²) in [6.07, 6.45) is 8.52. The standard InChI is InChI=1S/C56H58N4O2S2/c1-7-11-17-35(9-3)33-59-53(49-29-27-47(63-49)37-23-25-45-41(31-37)39-19-13-15-21-43(39)57(45)5)51-52(55(59)61)54(60(56(51)62)34-36(10-4)18-12-8-2)50-30-28-48(64-50)38-24-26-46-42(32-38)40-20-14-16-22-44(40)58(46)6/h13-16,19-32,35-36H,7-12,17-18,33-34H2,1-6H3. The molecule has 8 heteroatoms. The molecule has 0 bridgehead atoms. The molecule has 2 unspecified atom stereocenters. The molecular weight excluding hydrogens is 825 g/mol. The summed E-state index contributed by atoms with van der Waals surface area (Å²) in [6, 6.07) is 39.3. The second-order valence-electron chi connectivity index (χ2n) is 18.1. The Kier molecular flexibility index (Phi) is 11.5. The molecule has 6 nitrogen and oxygen atoms in total. The van der Waals surface area contributed by atoms with Crippen molar-refractivity contribution >= 4 is 89.5 Å². The number of unbranched alkanes of at least 4 members (excludes halogenated alkanes) is 2. The van der Waals surface area contributed by atoms with E-state index < -0.39 is 0 Å². The number of nitrogens with zero attached hydrogens (tertiary/aromatic N) is 4. The van der Waals surface area contributed by atoms with Crippen LogP contribution in [0.5, 0.6) is 0 Å². The number of amides is 2. The first-order valence-electron chi connectivity index (χ1n) is 23.5. The van der Waals surface area contributed by atoms with Crippen LogP contribution in [0.15, 0.2) is 120 Å². The fourth-order valence-corrected chi connectivity index (χ4v) is 12.6. The molecule has 0 spiro atoms. The first-order chi connectivity index (χ1) is 31.2. The maximum Gasteiger partial charge on any atom is 0.261 e. The molecule has 0 radical (unpaired) electrons. The molecule has 4 aromatic heterocycles. The topological polar surface area (TPSA) is 50.5 Å². The molecule has 2 amide bonds. The van der Waals surface area contributed by atoms with Gasteiger partial charge in [0.05, 0.1) is 32.3 Å². The van der Waals surface area contributed by atoms with Crippen LogP contribution in [0.2, 0.25) is 0 Å². The molecule has 64 heavy (non-hydrogen) atoms. The molecule has 0 fully saturated rings. The lowest BCUT2D eigenvalue weighted by atomic mass is 9.98. The van der Waals surface area contributed by atoms with Gasteiger partial charge in [0, 0.05) is 80.6 Å². The van der Waals surface area contributed by atoms with Crippen molar-refractivity contribution in [3.05, 3.63) is 130 Å².